The van der Waals surface area contributed by atoms with Gasteiger partial charge >= 0.3 is 0 Å². The number of benzene rings is 1. The van der Waals surface area contributed by atoms with Crippen LogP contribution in [0.4, 0.5) is 0 Å². The second-order valence-electron chi connectivity index (χ2n) is 7.14. The summed E-state index contributed by atoms with van der Waals surface area (Å²) in [5.74, 6) is 0.710. The van der Waals surface area contributed by atoms with E-state index in [-0.39, 0.29) is 17.5 Å². The third-order valence-electron chi connectivity index (χ3n) is 5.26. The van der Waals surface area contributed by atoms with E-state index in [0.717, 1.165) is 49.2 Å². The predicted octanol–water partition coefficient (Wildman–Crippen LogP) is 3.98. The van der Waals surface area contributed by atoms with Gasteiger partial charge in [0.15, 0.2) is 0 Å². The molecule has 3 aromatic rings. The maximum atomic E-state index is 13.0. The number of carbonyl (C=O) groups excluding carboxylic acids is 1. The lowest BCUT2D eigenvalue weighted by molar-refractivity contribution is 0.0943. The van der Waals surface area contributed by atoms with Crippen molar-refractivity contribution in [2.24, 2.45) is 0 Å². The number of thiophene rings is 1. The van der Waals surface area contributed by atoms with Gasteiger partial charge in [-0.05, 0) is 37.8 Å². The van der Waals surface area contributed by atoms with Crippen LogP contribution in [0.3, 0.4) is 0 Å². The first kappa shape index (κ1) is 17.9. The van der Waals surface area contributed by atoms with E-state index in [9.17, 15) is 9.59 Å². The standard InChI is InChI=1S/C21H23N3O2S/c1-13-17-20(23-16-11-7-4-8-12-24(16)21(17)26)27-18(13)19(25)22-14(2)15-9-5-3-6-10-15/h3,5-6,9-10,14H,4,7-8,11-12H2,1-2H3,(H,22,25)/t14-/m0/s1. The van der Waals surface area contributed by atoms with Crippen molar-refractivity contribution >= 4 is 27.5 Å². The lowest BCUT2D eigenvalue weighted by atomic mass is 10.1. The number of hydrogen-bond donors (Lipinski definition) is 1. The van der Waals surface area contributed by atoms with Crippen molar-refractivity contribution in [1.82, 2.24) is 14.9 Å². The van der Waals surface area contributed by atoms with Gasteiger partial charge < -0.3 is 5.32 Å². The van der Waals surface area contributed by atoms with Crippen LogP contribution in [0.5, 0.6) is 0 Å². The molecule has 1 aromatic carbocycles. The van der Waals surface area contributed by atoms with Crippen LogP contribution in [0.25, 0.3) is 10.2 Å². The summed E-state index contributed by atoms with van der Waals surface area (Å²) in [4.78, 5) is 31.9. The van der Waals surface area contributed by atoms with Gasteiger partial charge in [-0.15, -0.1) is 11.3 Å². The Morgan fingerprint density at radius 2 is 2.00 bits per heavy atom. The minimum absolute atomic E-state index is 0.000748. The molecule has 0 bridgehead atoms. The molecule has 2 aromatic heterocycles. The molecule has 0 saturated carbocycles. The first-order valence-corrected chi connectivity index (χ1v) is 10.3. The van der Waals surface area contributed by atoms with Crippen LogP contribution in [0.2, 0.25) is 0 Å². The lowest BCUT2D eigenvalue weighted by Crippen LogP contribution is -2.27. The van der Waals surface area contributed by atoms with Crippen molar-refractivity contribution in [3.63, 3.8) is 0 Å². The van der Waals surface area contributed by atoms with Crippen molar-refractivity contribution in [3.05, 3.63) is 62.5 Å². The molecule has 1 aliphatic rings. The summed E-state index contributed by atoms with van der Waals surface area (Å²) in [6.07, 6.45) is 4.02. The fraction of sp³-hybridized carbons (Fsp3) is 0.381. The highest BCUT2D eigenvalue weighted by atomic mass is 32.1. The molecule has 140 valence electrons. The number of fused-ring (bicyclic) bond motifs is 2. The molecule has 3 heterocycles. The van der Waals surface area contributed by atoms with Gasteiger partial charge in [0.1, 0.15) is 10.7 Å². The van der Waals surface area contributed by atoms with Crippen LogP contribution in [0, 0.1) is 6.92 Å². The fourth-order valence-corrected chi connectivity index (χ4v) is 4.81. The predicted molar refractivity (Wildman–Crippen MR) is 108 cm³/mol. The second kappa shape index (κ2) is 7.27. The molecule has 0 radical (unpaired) electrons. The highest BCUT2D eigenvalue weighted by Crippen LogP contribution is 2.29. The van der Waals surface area contributed by atoms with Crippen LogP contribution in [0.1, 0.15) is 58.9 Å². The van der Waals surface area contributed by atoms with E-state index < -0.39 is 0 Å². The molecule has 1 atom stereocenters. The summed E-state index contributed by atoms with van der Waals surface area (Å²) < 4.78 is 1.81. The zero-order valence-electron chi connectivity index (χ0n) is 15.6. The van der Waals surface area contributed by atoms with Crippen LogP contribution in [0.15, 0.2) is 35.1 Å². The molecule has 1 N–H and O–H groups in total. The monoisotopic (exact) mass is 381 g/mol. The van der Waals surface area contributed by atoms with Gasteiger partial charge in [0.25, 0.3) is 11.5 Å². The number of amides is 1. The maximum absolute atomic E-state index is 13.0. The number of aryl methyl sites for hydroxylation is 2. The summed E-state index contributed by atoms with van der Waals surface area (Å²) in [7, 11) is 0. The summed E-state index contributed by atoms with van der Waals surface area (Å²) in [5.41, 5.74) is 1.79. The van der Waals surface area contributed by atoms with Crippen molar-refractivity contribution < 1.29 is 4.79 Å². The van der Waals surface area contributed by atoms with Gasteiger partial charge in [0.05, 0.1) is 16.3 Å². The smallest absolute Gasteiger partial charge is 0.262 e. The van der Waals surface area contributed by atoms with E-state index in [0.29, 0.717) is 15.1 Å². The topological polar surface area (TPSA) is 64.0 Å². The maximum Gasteiger partial charge on any atom is 0.262 e. The summed E-state index contributed by atoms with van der Waals surface area (Å²) in [5, 5.41) is 3.65. The van der Waals surface area contributed by atoms with E-state index in [1.165, 1.54) is 11.3 Å². The molecule has 0 spiro atoms. The number of nitrogens with zero attached hydrogens (tertiary/aromatic N) is 2. The fourth-order valence-electron chi connectivity index (χ4n) is 3.71. The van der Waals surface area contributed by atoms with Gasteiger partial charge in [-0.1, -0.05) is 36.8 Å². The number of carbonyl (C=O) groups is 1. The summed E-state index contributed by atoms with van der Waals surface area (Å²) >= 11 is 1.33. The molecule has 5 nitrogen and oxygen atoms in total. The normalized spacial score (nSPS) is 15.2. The minimum Gasteiger partial charge on any atom is -0.345 e. The Morgan fingerprint density at radius 3 is 2.78 bits per heavy atom. The molecule has 27 heavy (non-hydrogen) atoms. The molecule has 0 unspecified atom stereocenters. The third-order valence-corrected chi connectivity index (χ3v) is 6.45. The summed E-state index contributed by atoms with van der Waals surface area (Å²) in [6.45, 7) is 4.54. The largest absolute Gasteiger partial charge is 0.345 e. The van der Waals surface area contributed by atoms with Crippen LogP contribution < -0.4 is 10.9 Å². The molecule has 6 heteroatoms. The van der Waals surface area contributed by atoms with Crippen molar-refractivity contribution in [2.45, 2.75) is 52.1 Å². The first-order valence-electron chi connectivity index (χ1n) is 9.45. The van der Waals surface area contributed by atoms with E-state index >= 15 is 0 Å². The van der Waals surface area contributed by atoms with Crippen LogP contribution in [-0.4, -0.2) is 15.5 Å². The van der Waals surface area contributed by atoms with Gasteiger partial charge in [-0.25, -0.2) is 4.98 Å². The van der Waals surface area contributed by atoms with Gasteiger partial charge in [-0.2, -0.15) is 0 Å². The number of nitrogens with one attached hydrogen (secondary N) is 1. The van der Waals surface area contributed by atoms with Crippen molar-refractivity contribution in [3.8, 4) is 0 Å². The molecule has 4 rings (SSSR count). The SMILES string of the molecule is Cc1c(C(=O)N[C@@H](C)c2ccccc2)sc2nc3n(c(=O)c12)CCCCC3. The lowest BCUT2D eigenvalue weighted by Gasteiger charge is -2.13. The zero-order valence-corrected chi connectivity index (χ0v) is 16.4. The Labute approximate surface area is 162 Å². The Hall–Kier alpha value is -2.47. The van der Waals surface area contributed by atoms with E-state index in [4.69, 9.17) is 4.98 Å². The molecule has 0 aliphatic carbocycles. The van der Waals surface area contributed by atoms with Crippen LogP contribution in [-0.2, 0) is 13.0 Å². The Balaban J connectivity index is 1.70. The van der Waals surface area contributed by atoms with E-state index in [1.807, 2.05) is 48.7 Å². The molecular weight excluding hydrogens is 358 g/mol. The average Bonchev–Trinajstić information content (AvgIpc) is 2.84. The molecule has 0 fully saturated rings. The Bertz CT molecular complexity index is 1050. The first-order chi connectivity index (χ1) is 13.1. The van der Waals surface area contributed by atoms with Gasteiger partial charge in [0.2, 0.25) is 0 Å². The Kier molecular flexibility index (Phi) is 4.83. The molecule has 1 aliphatic heterocycles. The van der Waals surface area contributed by atoms with Crippen LogP contribution >= 0.6 is 11.3 Å². The molecular formula is C21H23N3O2S. The Morgan fingerprint density at radius 1 is 1.22 bits per heavy atom. The number of rotatable bonds is 3. The zero-order chi connectivity index (χ0) is 19.0. The highest BCUT2D eigenvalue weighted by molar-refractivity contribution is 7.20. The number of aromatic nitrogens is 2. The van der Waals surface area contributed by atoms with Gasteiger partial charge in [-0.3, -0.25) is 14.2 Å². The van der Waals surface area contributed by atoms with Crippen molar-refractivity contribution in [1.29, 1.82) is 0 Å². The minimum atomic E-state index is -0.147. The molecule has 1 amide bonds. The number of hydrogen-bond acceptors (Lipinski definition) is 4. The average molecular weight is 382 g/mol. The van der Waals surface area contributed by atoms with Gasteiger partial charge in [0, 0.05) is 13.0 Å². The molecule has 0 saturated heterocycles. The second-order valence-corrected chi connectivity index (χ2v) is 8.14. The third kappa shape index (κ3) is 3.30. The van der Waals surface area contributed by atoms with Crippen molar-refractivity contribution in [2.75, 3.05) is 0 Å². The van der Waals surface area contributed by atoms with E-state index in [1.54, 1.807) is 0 Å². The highest BCUT2D eigenvalue weighted by Gasteiger charge is 2.23. The van der Waals surface area contributed by atoms with E-state index in [2.05, 4.69) is 5.32 Å². The quantitative estimate of drug-likeness (QED) is 0.746. The summed E-state index contributed by atoms with van der Waals surface area (Å²) in [6, 6.07) is 9.76.